The van der Waals surface area contributed by atoms with Gasteiger partial charge in [0.25, 0.3) is 5.91 Å². The molecule has 0 bridgehead atoms. The van der Waals surface area contributed by atoms with Gasteiger partial charge >= 0.3 is 0 Å². The number of nitrogens with zero attached hydrogens (tertiary/aromatic N) is 1. The van der Waals surface area contributed by atoms with Crippen molar-refractivity contribution in [3.63, 3.8) is 0 Å². The number of hydrogen-bond acceptors (Lipinski definition) is 4. The maximum absolute atomic E-state index is 12.8. The zero-order valence-electron chi connectivity index (χ0n) is 12.6. The highest BCUT2D eigenvalue weighted by molar-refractivity contribution is 7.90. The molecule has 1 aliphatic heterocycles. The van der Waals surface area contributed by atoms with E-state index in [0.717, 1.165) is 25.9 Å². The number of rotatable bonds is 5. The van der Waals surface area contributed by atoms with Crippen LogP contribution in [0.3, 0.4) is 0 Å². The number of carbonyl (C=O) groups excluding carboxylic acids is 1. The molecule has 122 valence electrons. The fourth-order valence-corrected chi connectivity index (χ4v) is 3.06. The van der Waals surface area contributed by atoms with E-state index in [1.165, 1.54) is 30.5 Å². The zero-order chi connectivity index (χ0) is 16.2. The Hall–Kier alpha value is -1.47. The van der Waals surface area contributed by atoms with Crippen molar-refractivity contribution in [1.82, 2.24) is 10.2 Å². The smallest absolute Gasteiger partial charge is 0.251 e. The fraction of sp³-hybridized carbons (Fsp3) is 0.533. The number of amides is 1. The lowest BCUT2D eigenvalue weighted by Crippen LogP contribution is -2.45. The lowest BCUT2D eigenvalue weighted by atomic mass is 10.0. The Morgan fingerprint density at radius 2 is 1.86 bits per heavy atom. The second-order valence-electron chi connectivity index (χ2n) is 5.73. The summed E-state index contributed by atoms with van der Waals surface area (Å²) in [5.41, 5.74) is 0.445. The molecular formula is C15H21FN2O3S. The Labute approximate surface area is 130 Å². The molecule has 0 aromatic heterocycles. The summed E-state index contributed by atoms with van der Waals surface area (Å²) in [6, 6.07) is 5.54. The molecule has 0 atom stereocenters. The van der Waals surface area contributed by atoms with Gasteiger partial charge in [-0.1, -0.05) is 0 Å². The monoisotopic (exact) mass is 328 g/mol. The average Bonchev–Trinajstić information content (AvgIpc) is 2.46. The highest BCUT2D eigenvalue weighted by Crippen LogP contribution is 2.11. The lowest BCUT2D eigenvalue weighted by Gasteiger charge is -2.32. The van der Waals surface area contributed by atoms with Crippen LogP contribution in [-0.2, 0) is 9.84 Å². The van der Waals surface area contributed by atoms with Gasteiger partial charge in [-0.15, -0.1) is 0 Å². The van der Waals surface area contributed by atoms with E-state index in [0.29, 0.717) is 12.1 Å². The number of likely N-dealkylation sites (tertiary alicyclic amines) is 1. The van der Waals surface area contributed by atoms with Gasteiger partial charge in [-0.3, -0.25) is 4.79 Å². The van der Waals surface area contributed by atoms with Gasteiger partial charge in [0.05, 0.1) is 5.75 Å². The van der Waals surface area contributed by atoms with E-state index in [9.17, 15) is 17.6 Å². The molecule has 1 amide bonds. The standard InChI is InChI=1S/C15H21FN2O3S/c1-22(20,21)11-10-18-8-6-14(7-9-18)17-15(19)12-2-4-13(16)5-3-12/h2-5,14H,6-11H2,1H3,(H,17,19). The number of sulfone groups is 1. The quantitative estimate of drug-likeness (QED) is 0.878. The van der Waals surface area contributed by atoms with Crippen LogP contribution in [0.4, 0.5) is 4.39 Å². The predicted octanol–water partition coefficient (Wildman–Crippen LogP) is 1.06. The number of piperidine rings is 1. The highest BCUT2D eigenvalue weighted by Gasteiger charge is 2.21. The van der Waals surface area contributed by atoms with Crippen LogP contribution in [0, 0.1) is 5.82 Å². The third-order valence-electron chi connectivity index (χ3n) is 3.81. The fourth-order valence-electron chi connectivity index (χ4n) is 2.47. The van der Waals surface area contributed by atoms with Crippen molar-refractivity contribution in [1.29, 1.82) is 0 Å². The van der Waals surface area contributed by atoms with Crippen LogP contribution in [0.25, 0.3) is 0 Å². The summed E-state index contributed by atoms with van der Waals surface area (Å²) in [7, 11) is -2.94. The molecule has 1 aliphatic rings. The molecule has 0 spiro atoms. The number of halogens is 1. The Bertz CT molecular complexity index is 608. The van der Waals surface area contributed by atoms with Gasteiger partial charge < -0.3 is 10.2 Å². The van der Waals surface area contributed by atoms with E-state index < -0.39 is 9.84 Å². The molecule has 1 saturated heterocycles. The Balaban J connectivity index is 1.77. The minimum Gasteiger partial charge on any atom is -0.349 e. The summed E-state index contributed by atoms with van der Waals surface area (Å²) < 4.78 is 35.1. The normalized spacial score (nSPS) is 17.4. The molecule has 1 aromatic carbocycles. The van der Waals surface area contributed by atoms with Crippen LogP contribution in [0.2, 0.25) is 0 Å². The van der Waals surface area contributed by atoms with Crippen molar-refractivity contribution in [2.75, 3.05) is 31.6 Å². The van der Waals surface area contributed by atoms with Crippen molar-refractivity contribution in [3.05, 3.63) is 35.6 Å². The third-order valence-corrected chi connectivity index (χ3v) is 4.73. The van der Waals surface area contributed by atoms with Crippen LogP contribution < -0.4 is 5.32 Å². The van der Waals surface area contributed by atoms with Gasteiger partial charge in [-0.05, 0) is 37.1 Å². The molecule has 1 heterocycles. The third kappa shape index (κ3) is 5.38. The van der Waals surface area contributed by atoms with E-state index >= 15 is 0 Å². The summed E-state index contributed by atoms with van der Waals surface area (Å²) in [6.45, 7) is 2.07. The van der Waals surface area contributed by atoms with Crippen LogP contribution in [0.15, 0.2) is 24.3 Å². The molecule has 1 N–H and O–H groups in total. The first-order valence-corrected chi connectivity index (χ1v) is 9.36. The van der Waals surface area contributed by atoms with E-state index in [1.54, 1.807) is 0 Å². The maximum atomic E-state index is 12.8. The number of carbonyl (C=O) groups is 1. The molecule has 0 unspecified atom stereocenters. The molecule has 0 radical (unpaired) electrons. The molecule has 1 aromatic rings. The van der Waals surface area contributed by atoms with Crippen LogP contribution in [-0.4, -0.2) is 56.9 Å². The topological polar surface area (TPSA) is 66.5 Å². The Morgan fingerprint density at radius 1 is 1.27 bits per heavy atom. The van der Waals surface area contributed by atoms with Crippen molar-refractivity contribution in [2.24, 2.45) is 0 Å². The molecule has 0 aliphatic carbocycles. The minimum absolute atomic E-state index is 0.0760. The first-order valence-electron chi connectivity index (χ1n) is 7.30. The van der Waals surface area contributed by atoms with E-state index in [1.807, 2.05) is 0 Å². The van der Waals surface area contributed by atoms with Crippen molar-refractivity contribution >= 4 is 15.7 Å². The van der Waals surface area contributed by atoms with Crippen molar-refractivity contribution < 1.29 is 17.6 Å². The van der Waals surface area contributed by atoms with E-state index in [4.69, 9.17) is 0 Å². The molecule has 7 heteroatoms. The predicted molar refractivity (Wildman–Crippen MR) is 83.0 cm³/mol. The molecule has 5 nitrogen and oxygen atoms in total. The summed E-state index contributed by atoms with van der Waals surface area (Å²) in [5, 5.41) is 2.94. The summed E-state index contributed by atoms with van der Waals surface area (Å²) in [5.74, 6) is -0.398. The average molecular weight is 328 g/mol. The van der Waals surface area contributed by atoms with Crippen LogP contribution in [0.1, 0.15) is 23.2 Å². The summed E-state index contributed by atoms with van der Waals surface area (Å²) in [4.78, 5) is 14.1. The highest BCUT2D eigenvalue weighted by atomic mass is 32.2. The van der Waals surface area contributed by atoms with Crippen LogP contribution >= 0.6 is 0 Å². The van der Waals surface area contributed by atoms with E-state index in [-0.39, 0.29) is 23.5 Å². The molecule has 0 saturated carbocycles. The van der Waals surface area contributed by atoms with Crippen molar-refractivity contribution in [2.45, 2.75) is 18.9 Å². The Morgan fingerprint density at radius 3 is 2.41 bits per heavy atom. The molecule has 2 rings (SSSR count). The number of nitrogens with one attached hydrogen (secondary N) is 1. The minimum atomic E-state index is -2.94. The number of benzene rings is 1. The van der Waals surface area contributed by atoms with Gasteiger partial charge in [0.1, 0.15) is 15.7 Å². The van der Waals surface area contributed by atoms with Crippen molar-refractivity contribution in [3.8, 4) is 0 Å². The number of hydrogen-bond donors (Lipinski definition) is 1. The van der Waals surface area contributed by atoms with Gasteiger partial charge in [0, 0.05) is 37.5 Å². The lowest BCUT2D eigenvalue weighted by molar-refractivity contribution is 0.0913. The summed E-state index contributed by atoms with van der Waals surface area (Å²) in [6.07, 6.45) is 2.82. The Kier molecular flexibility index (Phi) is 5.52. The van der Waals surface area contributed by atoms with Crippen LogP contribution in [0.5, 0.6) is 0 Å². The summed E-state index contributed by atoms with van der Waals surface area (Å²) >= 11 is 0. The second kappa shape index (κ2) is 7.19. The van der Waals surface area contributed by atoms with Gasteiger partial charge in [0.15, 0.2) is 0 Å². The first-order chi connectivity index (χ1) is 10.3. The zero-order valence-corrected chi connectivity index (χ0v) is 13.4. The largest absolute Gasteiger partial charge is 0.349 e. The molecule has 22 heavy (non-hydrogen) atoms. The SMILES string of the molecule is CS(=O)(=O)CCN1CCC(NC(=O)c2ccc(F)cc2)CC1. The van der Waals surface area contributed by atoms with Gasteiger partial charge in [-0.25, -0.2) is 12.8 Å². The first kappa shape index (κ1) is 16.9. The second-order valence-corrected chi connectivity index (χ2v) is 7.99. The van der Waals surface area contributed by atoms with E-state index in [2.05, 4.69) is 10.2 Å². The maximum Gasteiger partial charge on any atom is 0.251 e. The molecular weight excluding hydrogens is 307 g/mol. The van der Waals surface area contributed by atoms with Gasteiger partial charge in [-0.2, -0.15) is 0 Å². The molecule has 1 fully saturated rings. The van der Waals surface area contributed by atoms with Gasteiger partial charge in [0.2, 0.25) is 0 Å².